The molecule has 1 aliphatic heterocycles. The fourth-order valence-electron chi connectivity index (χ4n) is 1.09. The molecule has 0 unspecified atom stereocenters. The third-order valence-electron chi connectivity index (χ3n) is 1.67. The molecule has 5 heteroatoms. The summed E-state index contributed by atoms with van der Waals surface area (Å²) in [7, 11) is 0. The molecule has 1 aliphatic rings. The van der Waals surface area contributed by atoms with Gasteiger partial charge < -0.3 is 4.84 Å². The zero-order valence-electron chi connectivity index (χ0n) is 6.43. The highest BCUT2D eigenvalue weighted by atomic mass is 35.5. The van der Waals surface area contributed by atoms with Crippen molar-refractivity contribution in [1.29, 1.82) is 0 Å². The molecule has 1 atom stereocenters. The lowest BCUT2D eigenvalue weighted by atomic mass is 10.2. The van der Waals surface area contributed by atoms with Gasteiger partial charge in [0, 0.05) is 12.4 Å². The maximum Gasteiger partial charge on any atom is 0.0781 e. The van der Waals surface area contributed by atoms with Crippen LogP contribution in [0, 0.1) is 0 Å². The zero-order valence-corrected chi connectivity index (χ0v) is 7.25. The topological polar surface area (TPSA) is 47.0 Å². The minimum absolute atomic E-state index is 0. The van der Waals surface area contributed by atoms with Crippen molar-refractivity contribution in [3.63, 3.8) is 0 Å². The minimum Gasteiger partial charge on any atom is -0.301 e. The summed E-state index contributed by atoms with van der Waals surface area (Å²) in [6.07, 6.45) is 6.08. The van der Waals surface area contributed by atoms with Gasteiger partial charge in [0.05, 0.1) is 24.5 Å². The lowest BCUT2D eigenvalue weighted by molar-refractivity contribution is 0.0876. The predicted octanol–water partition coefficient (Wildman–Crippen LogP) is 0.864. The Bertz CT molecular complexity index is 225. The average molecular weight is 188 g/mol. The van der Waals surface area contributed by atoms with Gasteiger partial charge in [0.15, 0.2) is 0 Å². The zero-order chi connectivity index (χ0) is 7.52. The monoisotopic (exact) mass is 187 g/mol. The molecular formula is C7H10ClN3O. The summed E-state index contributed by atoms with van der Waals surface area (Å²) in [5.41, 5.74) is 3.82. The van der Waals surface area contributed by atoms with Gasteiger partial charge in [-0.05, 0) is 6.42 Å². The maximum absolute atomic E-state index is 4.99. The Morgan fingerprint density at radius 3 is 3.00 bits per heavy atom. The van der Waals surface area contributed by atoms with Gasteiger partial charge >= 0.3 is 0 Å². The van der Waals surface area contributed by atoms with Crippen LogP contribution in [0.15, 0.2) is 18.6 Å². The number of hydrogen-bond donors (Lipinski definition) is 1. The van der Waals surface area contributed by atoms with E-state index in [1.54, 1.807) is 18.6 Å². The number of aromatic nitrogens is 2. The number of nitrogens with zero attached hydrogens (tertiary/aromatic N) is 2. The second-order valence-corrected chi connectivity index (χ2v) is 2.44. The van der Waals surface area contributed by atoms with Crippen LogP contribution in [0.3, 0.4) is 0 Å². The lowest BCUT2D eigenvalue weighted by Gasteiger charge is -2.04. The minimum atomic E-state index is 0. The van der Waals surface area contributed by atoms with Crippen LogP contribution in [0.5, 0.6) is 0 Å². The first-order valence-corrected chi connectivity index (χ1v) is 3.60. The molecule has 0 radical (unpaired) electrons. The largest absolute Gasteiger partial charge is 0.301 e. The average Bonchev–Trinajstić information content (AvgIpc) is 2.58. The van der Waals surface area contributed by atoms with Crippen molar-refractivity contribution < 1.29 is 4.84 Å². The molecular weight excluding hydrogens is 178 g/mol. The van der Waals surface area contributed by atoms with E-state index in [-0.39, 0.29) is 18.4 Å². The standard InChI is InChI=1S/C7H9N3O.ClH/c1-4-11-10-6(1)7-5-8-2-3-9-7;/h2-3,5-6,10H,1,4H2;1H/t6-;/m0./s1. The highest BCUT2D eigenvalue weighted by Gasteiger charge is 2.17. The highest BCUT2D eigenvalue weighted by molar-refractivity contribution is 5.85. The third kappa shape index (κ3) is 1.91. The molecule has 1 aromatic rings. The van der Waals surface area contributed by atoms with Gasteiger partial charge in [0.1, 0.15) is 0 Å². The van der Waals surface area contributed by atoms with Crippen LogP contribution in [0.4, 0.5) is 0 Å². The van der Waals surface area contributed by atoms with Crippen molar-refractivity contribution >= 4 is 12.4 Å². The van der Waals surface area contributed by atoms with Gasteiger partial charge in [0.2, 0.25) is 0 Å². The molecule has 0 saturated carbocycles. The smallest absolute Gasteiger partial charge is 0.0781 e. The molecule has 0 aliphatic carbocycles. The Hall–Kier alpha value is -0.710. The van der Waals surface area contributed by atoms with Crippen LogP contribution in [0.2, 0.25) is 0 Å². The van der Waals surface area contributed by atoms with Gasteiger partial charge in [-0.1, -0.05) is 0 Å². The molecule has 1 aromatic heterocycles. The van der Waals surface area contributed by atoms with E-state index in [4.69, 9.17) is 4.84 Å². The first-order valence-electron chi connectivity index (χ1n) is 3.60. The van der Waals surface area contributed by atoms with Crippen LogP contribution in [-0.2, 0) is 4.84 Å². The fraction of sp³-hybridized carbons (Fsp3) is 0.429. The Kier molecular flexibility index (Phi) is 3.40. The molecule has 4 nitrogen and oxygen atoms in total. The van der Waals surface area contributed by atoms with Crippen molar-refractivity contribution in [1.82, 2.24) is 15.4 Å². The van der Waals surface area contributed by atoms with Crippen molar-refractivity contribution in [2.24, 2.45) is 0 Å². The normalized spacial score (nSPS) is 21.8. The Morgan fingerprint density at radius 1 is 1.50 bits per heavy atom. The van der Waals surface area contributed by atoms with Gasteiger partial charge in [0.25, 0.3) is 0 Å². The third-order valence-corrected chi connectivity index (χ3v) is 1.67. The van der Waals surface area contributed by atoms with E-state index in [9.17, 15) is 0 Å². The van der Waals surface area contributed by atoms with Crippen LogP contribution in [0.25, 0.3) is 0 Å². The summed E-state index contributed by atoms with van der Waals surface area (Å²) >= 11 is 0. The van der Waals surface area contributed by atoms with E-state index in [0.29, 0.717) is 0 Å². The van der Waals surface area contributed by atoms with Crippen molar-refractivity contribution in [3.8, 4) is 0 Å². The first kappa shape index (κ1) is 9.38. The van der Waals surface area contributed by atoms with Gasteiger partial charge in [-0.15, -0.1) is 12.4 Å². The Balaban J connectivity index is 0.000000720. The quantitative estimate of drug-likeness (QED) is 0.709. The van der Waals surface area contributed by atoms with E-state index < -0.39 is 0 Å². The van der Waals surface area contributed by atoms with E-state index >= 15 is 0 Å². The summed E-state index contributed by atoms with van der Waals surface area (Å²) in [6.45, 7) is 0.751. The lowest BCUT2D eigenvalue weighted by Crippen LogP contribution is -2.12. The van der Waals surface area contributed by atoms with E-state index in [0.717, 1.165) is 18.7 Å². The second-order valence-electron chi connectivity index (χ2n) is 2.44. The number of hydroxylamine groups is 1. The van der Waals surface area contributed by atoms with Crippen LogP contribution >= 0.6 is 12.4 Å². The number of nitrogens with one attached hydrogen (secondary N) is 1. The fourth-order valence-corrected chi connectivity index (χ4v) is 1.09. The van der Waals surface area contributed by atoms with E-state index in [2.05, 4.69) is 15.4 Å². The second kappa shape index (κ2) is 4.35. The number of rotatable bonds is 1. The van der Waals surface area contributed by atoms with Gasteiger partial charge in [-0.3, -0.25) is 9.97 Å². The molecule has 0 aromatic carbocycles. The van der Waals surface area contributed by atoms with Gasteiger partial charge in [-0.25, -0.2) is 0 Å². The molecule has 0 bridgehead atoms. The molecule has 1 fully saturated rings. The summed E-state index contributed by atoms with van der Waals surface area (Å²) in [5.74, 6) is 0. The number of hydrogen-bond acceptors (Lipinski definition) is 4. The Morgan fingerprint density at radius 2 is 2.42 bits per heavy atom. The van der Waals surface area contributed by atoms with Crippen molar-refractivity contribution in [2.75, 3.05) is 6.61 Å². The molecule has 0 spiro atoms. The summed E-state index contributed by atoms with van der Waals surface area (Å²) < 4.78 is 0. The number of halogens is 1. The van der Waals surface area contributed by atoms with Crippen LogP contribution in [-0.4, -0.2) is 16.6 Å². The van der Waals surface area contributed by atoms with Crippen molar-refractivity contribution in [2.45, 2.75) is 12.5 Å². The summed E-state index contributed by atoms with van der Waals surface area (Å²) in [6, 6.07) is 0.226. The molecule has 1 N–H and O–H groups in total. The molecule has 0 amide bonds. The molecule has 1 saturated heterocycles. The molecule has 2 heterocycles. The van der Waals surface area contributed by atoms with Gasteiger partial charge in [-0.2, -0.15) is 5.48 Å². The van der Waals surface area contributed by atoms with E-state index in [1.807, 2.05) is 0 Å². The summed E-state index contributed by atoms with van der Waals surface area (Å²) in [4.78, 5) is 13.1. The van der Waals surface area contributed by atoms with Crippen LogP contribution in [0.1, 0.15) is 18.2 Å². The molecule has 12 heavy (non-hydrogen) atoms. The predicted molar refractivity (Wildman–Crippen MR) is 45.7 cm³/mol. The SMILES string of the molecule is Cl.c1cnc([C@@H]2CCON2)cn1. The summed E-state index contributed by atoms with van der Waals surface area (Å²) in [5, 5.41) is 0. The highest BCUT2D eigenvalue weighted by Crippen LogP contribution is 2.16. The maximum atomic E-state index is 4.99. The first-order chi connectivity index (χ1) is 5.47. The Labute approximate surface area is 76.7 Å². The molecule has 66 valence electrons. The molecule has 2 rings (SSSR count). The van der Waals surface area contributed by atoms with Crippen LogP contribution < -0.4 is 5.48 Å². The van der Waals surface area contributed by atoms with E-state index in [1.165, 1.54) is 0 Å². The van der Waals surface area contributed by atoms with Crippen molar-refractivity contribution in [3.05, 3.63) is 24.3 Å².